The van der Waals surface area contributed by atoms with Crippen molar-refractivity contribution in [1.29, 1.82) is 0 Å². The third-order valence-electron chi connectivity index (χ3n) is 3.38. The Morgan fingerprint density at radius 3 is 2.42 bits per heavy atom. The summed E-state index contributed by atoms with van der Waals surface area (Å²) in [7, 11) is 0. The molecule has 1 aromatic rings. The molecule has 0 fully saturated rings. The number of carbonyl (C=O) groups excluding carboxylic acids is 1. The lowest BCUT2D eigenvalue weighted by Crippen LogP contribution is -2.49. The van der Waals surface area contributed by atoms with Gasteiger partial charge in [0.2, 0.25) is 0 Å². The van der Waals surface area contributed by atoms with Gasteiger partial charge in [0.25, 0.3) is 0 Å². The standard InChI is InChI=1S/C16H20N2O/c1-11(2)14-10-16(17,18)9-8-13(14)15(19)12-6-4-3-5-7-12/h3-9,11H,10,17-18H2,1-2H3. The summed E-state index contributed by atoms with van der Waals surface area (Å²) in [5, 5.41) is 0. The quantitative estimate of drug-likeness (QED) is 0.644. The highest BCUT2D eigenvalue weighted by molar-refractivity contribution is 6.11. The van der Waals surface area contributed by atoms with Gasteiger partial charge in [0.05, 0.1) is 5.66 Å². The van der Waals surface area contributed by atoms with E-state index >= 15 is 0 Å². The minimum atomic E-state index is -0.847. The van der Waals surface area contributed by atoms with Crippen LogP contribution in [0.4, 0.5) is 0 Å². The summed E-state index contributed by atoms with van der Waals surface area (Å²) in [6.45, 7) is 4.12. The van der Waals surface area contributed by atoms with Crippen molar-refractivity contribution in [1.82, 2.24) is 0 Å². The van der Waals surface area contributed by atoms with Crippen LogP contribution < -0.4 is 11.5 Å². The number of hydrogen-bond acceptors (Lipinski definition) is 3. The predicted octanol–water partition coefficient (Wildman–Crippen LogP) is 2.40. The van der Waals surface area contributed by atoms with E-state index in [1.807, 2.05) is 30.3 Å². The first-order valence-corrected chi connectivity index (χ1v) is 6.50. The van der Waals surface area contributed by atoms with Crippen LogP contribution in [-0.2, 0) is 0 Å². The number of Topliss-reactive ketones (excluding diaryl/α,β-unsaturated/α-hetero) is 1. The Morgan fingerprint density at radius 2 is 1.84 bits per heavy atom. The summed E-state index contributed by atoms with van der Waals surface area (Å²) in [6.07, 6.45) is 4.01. The average Bonchev–Trinajstić information content (AvgIpc) is 2.38. The molecule has 1 aliphatic rings. The Morgan fingerprint density at radius 1 is 1.21 bits per heavy atom. The van der Waals surface area contributed by atoms with E-state index in [9.17, 15) is 4.79 Å². The first-order chi connectivity index (χ1) is 8.91. The number of allylic oxidation sites excluding steroid dienone is 2. The molecule has 2 rings (SSSR count). The van der Waals surface area contributed by atoms with Crippen LogP contribution in [0.25, 0.3) is 0 Å². The van der Waals surface area contributed by atoms with Crippen LogP contribution in [0.15, 0.2) is 53.6 Å². The maximum absolute atomic E-state index is 12.5. The van der Waals surface area contributed by atoms with Crippen molar-refractivity contribution in [3.63, 3.8) is 0 Å². The van der Waals surface area contributed by atoms with Crippen LogP contribution in [0.3, 0.4) is 0 Å². The van der Waals surface area contributed by atoms with Gasteiger partial charge < -0.3 is 11.5 Å². The molecule has 0 unspecified atom stereocenters. The number of nitrogens with two attached hydrogens (primary N) is 2. The number of ketones is 1. The van der Waals surface area contributed by atoms with Crippen molar-refractivity contribution in [3.8, 4) is 0 Å². The van der Waals surface area contributed by atoms with E-state index in [4.69, 9.17) is 11.5 Å². The number of benzene rings is 1. The Balaban J connectivity index is 2.42. The second-order valence-corrected chi connectivity index (χ2v) is 5.41. The minimum absolute atomic E-state index is 0.0380. The lowest BCUT2D eigenvalue weighted by atomic mass is 9.82. The molecule has 0 aliphatic heterocycles. The van der Waals surface area contributed by atoms with Gasteiger partial charge in [-0.3, -0.25) is 4.79 Å². The first kappa shape index (κ1) is 13.7. The number of rotatable bonds is 3. The summed E-state index contributed by atoms with van der Waals surface area (Å²) in [6, 6.07) is 9.29. The van der Waals surface area contributed by atoms with Crippen LogP contribution in [0.2, 0.25) is 0 Å². The van der Waals surface area contributed by atoms with Crippen molar-refractivity contribution in [3.05, 3.63) is 59.2 Å². The van der Waals surface area contributed by atoms with Gasteiger partial charge in [-0.1, -0.05) is 55.8 Å². The van der Waals surface area contributed by atoms with E-state index in [1.165, 1.54) is 0 Å². The lowest BCUT2D eigenvalue weighted by Gasteiger charge is -2.29. The normalized spacial score (nSPS) is 17.9. The van der Waals surface area contributed by atoms with E-state index in [0.29, 0.717) is 12.0 Å². The van der Waals surface area contributed by atoms with Gasteiger partial charge in [0, 0.05) is 17.6 Å². The molecule has 100 valence electrons. The molecule has 3 heteroatoms. The zero-order valence-electron chi connectivity index (χ0n) is 11.4. The summed E-state index contributed by atoms with van der Waals surface area (Å²) in [4.78, 5) is 12.5. The van der Waals surface area contributed by atoms with E-state index in [-0.39, 0.29) is 11.7 Å². The predicted molar refractivity (Wildman–Crippen MR) is 77.5 cm³/mol. The number of hydrogen-bond donors (Lipinski definition) is 2. The zero-order chi connectivity index (χ0) is 14.0. The van der Waals surface area contributed by atoms with Gasteiger partial charge >= 0.3 is 0 Å². The van der Waals surface area contributed by atoms with Gasteiger partial charge in [-0.05, 0) is 12.0 Å². The molecular weight excluding hydrogens is 236 g/mol. The zero-order valence-corrected chi connectivity index (χ0v) is 11.4. The Labute approximate surface area is 114 Å². The Hall–Kier alpha value is -1.71. The highest BCUT2D eigenvalue weighted by Crippen LogP contribution is 2.30. The smallest absolute Gasteiger partial charge is 0.192 e. The van der Waals surface area contributed by atoms with Crippen LogP contribution in [0.5, 0.6) is 0 Å². The minimum Gasteiger partial charge on any atom is -0.310 e. The van der Waals surface area contributed by atoms with Gasteiger partial charge in [0.1, 0.15) is 0 Å². The molecule has 0 bridgehead atoms. The van der Waals surface area contributed by atoms with E-state index < -0.39 is 5.66 Å². The average molecular weight is 256 g/mol. The molecule has 0 saturated carbocycles. The molecule has 4 N–H and O–H groups in total. The molecule has 0 radical (unpaired) electrons. The highest BCUT2D eigenvalue weighted by atomic mass is 16.1. The number of carbonyl (C=O) groups is 1. The maximum Gasteiger partial charge on any atom is 0.192 e. The fraction of sp³-hybridized carbons (Fsp3) is 0.312. The lowest BCUT2D eigenvalue weighted by molar-refractivity contribution is 0.103. The van der Waals surface area contributed by atoms with E-state index in [0.717, 1.165) is 11.1 Å². The van der Waals surface area contributed by atoms with Crippen LogP contribution in [-0.4, -0.2) is 11.4 Å². The van der Waals surface area contributed by atoms with Gasteiger partial charge in [0.15, 0.2) is 5.78 Å². The van der Waals surface area contributed by atoms with Gasteiger partial charge in [-0.25, -0.2) is 0 Å². The second kappa shape index (κ2) is 5.11. The summed E-state index contributed by atoms with van der Waals surface area (Å²) in [5.74, 6) is 0.287. The summed E-state index contributed by atoms with van der Waals surface area (Å²) >= 11 is 0. The third-order valence-corrected chi connectivity index (χ3v) is 3.38. The molecule has 1 aliphatic carbocycles. The third kappa shape index (κ3) is 3.00. The molecule has 0 amide bonds. The molecule has 0 saturated heterocycles. The molecule has 1 aromatic carbocycles. The van der Waals surface area contributed by atoms with Gasteiger partial charge in [-0.15, -0.1) is 0 Å². The monoisotopic (exact) mass is 256 g/mol. The van der Waals surface area contributed by atoms with Crippen molar-refractivity contribution in [2.45, 2.75) is 25.9 Å². The fourth-order valence-corrected chi connectivity index (χ4v) is 2.31. The van der Waals surface area contributed by atoms with Crippen LogP contribution in [0.1, 0.15) is 30.6 Å². The van der Waals surface area contributed by atoms with Crippen LogP contribution in [0, 0.1) is 5.92 Å². The topological polar surface area (TPSA) is 69.1 Å². The largest absolute Gasteiger partial charge is 0.310 e. The van der Waals surface area contributed by atoms with Crippen molar-refractivity contribution < 1.29 is 4.79 Å². The Bertz CT molecular complexity index is 539. The molecule has 19 heavy (non-hydrogen) atoms. The fourth-order valence-electron chi connectivity index (χ4n) is 2.31. The van der Waals surface area contributed by atoms with Crippen LogP contribution >= 0.6 is 0 Å². The first-order valence-electron chi connectivity index (χ1n) is 6.50. The summed E-state index contributed by atoms with van der Waals surface area (Å²) < 4.78 is 0. The molecule has 3 nitrogen and oxygen atoms in total. The van der Waals surface area contributed by atoms with Gasteiger partial charge in [-0.2, -0.15) is 0 Å². The van der Waals surface area contributed by atoms with Crippen molar-refractivity contribution in [2.75, 3.05) is 0 Å². The van der Waals surface area contributed by atoms with E-state index in [1.54, 1.807) is 12.2 Å². The summed E-state index contributed by atoms with van der Waals surface area (Å²) in [5.41, 5.74) is 13.5. The highest BCUT2D eigenvalue weighted by Gasteiger charge is 2.28. The molecule has 0 spiro atoms. The van der Waals surface area contributed by atoms with Crippen molar-refractivity contribution in [2.24, 2.45) is 17.4 Å². The molecule has 0 heterocycles. The van der Waals surface area contributed by atoms with Crippen molar-refractivity contribution >= 4 is 5.78 Å². The molecule has 0 atom stereocenters. The second-order valence-electron chi connectivity index (χ2n) is 5.41. The molecular formula is C16H20N2O. The molecule has 0 aromatic heterocycles. The Kier molecular flexibility index (Phi) is 3.69. The maximum atomic E-state index is 12.5. The SMILES string of the molecule is CC(C)C1=C(C(=O)c2ccccc2)C=CC(N)(N)C1. The van der Waals surface area contributed by atoms with E-state index in [2.05, 4.69) is 13.8 Å².